The van der Waals surface area contributed by atoms with Gasteiger partial charge in [0.15, 0.2) is 0 Å². The minimum Gasteiger partial charge on any atom is -0.478 e. The Morgan fingerprint density at radius 1 is 0.897 bits per heavy atom. The van der Waals surface area contributed by atoms with Gasteiger partial charge < -0.3 is 15.2 Å². The van der Waals surface area contributed by atoms with Crippen LogP contribution in [0.25, 0.3) is 6.08 Å². The van der Waals surface area contributed by atoms with Crippen LogP contribution in [0.2, 0.25) is 0 Å². The van der Waals surface area contributed by atoms with Crippen molar-refractivity contribution in [2.75, 3.05) is 5.32 Å². The predicted molar refractivity (Wildman–Crippen MR) is 109 cm³/mol. The highest BCUT2D eigenvalue weighted by molar-refractivity contribution is 6.09. The van der Waals surface area contributed by atoms with Crippen molar-refractivity contribution < 1.29 is 19.4 Å². The summed E-state index contributed by atoms with van der Waals surface area (Å²) >= 11 is 0. The zero-order valence-electron chi connectivity index (χ0n) is 15.2. The second kappa shape index (κ2) is 9.02. The molecule has 29 heavy (non-hydrogen) atoms. The highest BCUT2D eigenvalue weighted by atomic mass is 16.5. The molecular weight excluding hydrogens is 368 g/mol. The van der Waals surface area contributed by atoms with Gasteiger partial charge in [-0.3, -0.25) is 4.79 Å². The molecule has 3 rings (SSSR count). The van der Waals surface area contributed by atoms with E-state index in [4.69, 9.17) is 9.84 Å². The fourth-order valence-corrected chi connectivity index (χ4v) is 2.47. The van der Waals surface area contributed by atoms with E-state index in [1.54, 1.807) is 24.3 Å². The monoisotopic (exact) mass is 384 g/mol. The Bertz CT molecular complexity index is 1080. The van der Waals surface area contributed by atoms with Crippen molar-refractivity contribution in [3.8, 4) is 17.6 Å². The van der Waals surface area contributed by atoms with Crippen LogP contribution in [0.3, 0.4) is 0 Å². The first-order chi connectivity index (χ1) is 14.0. The van der Waals surface area contributed by atoms with Gasteiger partial charge in [0.25, 0.3) is 5.91 Å². The van der Waals surface area contributed by atoms with Crippen LogP contribution < -0.4 is 10.1 Å². The number of aromatic carboxylic acids is 1. The molecule has 0 atom stereocenters. The maximum atomic E-state index is 12.3. The highest BCUT2D eigenvalue weighted by Crippen LogP contribution is 2.22. The number of para-hydroxylation sites is 1. The zero-order chi connectivity index (χ0) is 20.6. The van der Waals surface area contributed by atoms with Crippen LogP contribution >= 0.6 is 0 Å². The lowest BCUT2D eigenvalue weighted by atomic mass is 10.1. The minimum absolute atomic E-state index is 0.0796. The third kappa shape index (κ3) is 5.31. The number of carboxylic acid groups (broad SMARTS) is 1. The van der Waals surface area contributed by atoms with Gasteiger partial charge in [0.2, 0.25) is 0 Å². The number of anilines is 1. The Balaban J connectivity index is 1.69. The van der Waals surface area contributed by atoms with Crippen molar-refractivity contribution in [1.29, 1.82) is 5.26 Å². The Labute approximate surface area is 167 Å². The predicted octanol–water partition coefficient (Wildman–Crippen LogP) is 4.72. The number of nitrogens with zero attached hydrogens (tertiary/aromatic N) is 1. The van der Waals surface area contributed by atoms with Crippen LogP contribution in [0, 0.1) is 11.3 Å². The minimum atomic E-state index is -1.06. The maximum absolute atomic E-state index is 12.3. The second-order valence-corrected chi connectivity index (χ2v) is 5.99. The molecule has 0 aliphatic carbocycles. The van der Waals surface area contributed by atoms with Crippen molar-refractivity contribution in [2.45, 2.75) is 0 Å². The van der Waals surface area contributed by atoms with Gasteiger partial charge in [-0.1, -0.05) is 30.3 Å². The number of amides is 1. The van der Waals surface area contributed by atoms with Gasteiger partial charge >= 0.3 is 5.97 Å². The zero-order valence-corrected chi connectivity index (χ0v) is 15.2. The highest BCUT2D eigenvalue weighted by Gasteiger charge is 2.10. The van der Waals surface area contributed by atoms with Crippen molar-refractivity contribution in [3.05, 3.63) is 95.6 Å². The SMILES string of the molecule is N#C/C(=C/c1ccc(Oc2ccccc2)cc1)C(=O)Nc1ccc(C(=O)O)cc1. The summed E-state index contributed by atoms with van der Waals surface area (Å²) in [7, 11) is 0. The molecule has 0 aromatic heterocycles. The van der Waals surface area contributed by atoms with E-state index in [-0.39, 0.29) is 11.1 Å². The van der Waals surface area contributed by atoms with Gasteiger partial charge in [0.1, 0.15) is 23.1 Å². The van der Waals surface area contributed by atoms with Gasteiger partial charge in [-0.05, 0) is 60.2 Å². The fourth-order valence-electron chi connectivity index (χ4n) is 2.47. The van der Waals surface area contributed by atoms with Crippen molar-refractivity contribution in [3.63, 3.8) is 0 Å². The topological polar surface area (TPSA) is 99.4 Å². The smallest absolute Gasteiger partial charge is 0.335 e. The second-order valence-electron chi connectivity index (χ2n) is 5.99. The molecule has 6 nitrogen and oxygen atoms in total. The Morgan fingerprint density at radius 2 is 1.52 bits per heavy atom. The van der Waals surface area contributed by atoms with E-state index >= 15 is 0 Å². The molecule has 6 heteroatoms. The lowest BCUT2D eigenvalue weighted by molar-refractivity contribution is -0.112. The number of nitrogens with one attached hydrogen (secondary N) is 1. The molecule has 3 aromatic carbocycles. The van der Waals surface area contributed by atoms with Gasteiger partial charge in [-0.15, -0.1) is 0 Å². The van der Waals surface area contributed by atoms with Crippen LogP contribution in [-0.4, -0.2) is 17.0 Å². The Hall–Kier alpha value is -4.37. The number of carbonyl (C=O) groups excluding carboxylic acids is 1. The molecule has 0 saturated carbocycles. The van der Waals surface area contributed by atoms with Crippen molar-refractivity contribution in [1.82, 2.24) is 0 Å². The van der Waals surface area contributed by atoms with Crippen molar-refractivity contribution in [2.24, 2.45) is 0 Å². The first-order valence-electron chi connectivity index (χ1n) is 8.64. The van der Waals surface area contributed by atoms with Crippen LogP contribution in [0.4, 0.5) is 5.69 Å². The number of carboxylic acids is 1. The molecule has 0 spiro atoms. The fraction of sp³-hybridized carbons (Fsp3) is 0. The lowest BCUT2D eigenvalue weighted by Crippen LogP contribution is -2.13. The number of hydrogen-bond donors (Lipinski definition) is 2. The van der Waals surface area contributed by atoms with Crippen LogP contribution in [0.15, 0.2) is 84.4 Å². The summed E-state index contributed by atoms with van der Waals surface area (Å²) < 4.78 is 5.71. The molecule has 142 valence electrons. The Morgan fingerprint density at radius 3 is 2.10 bits per heavy atom. The van der Waals surface area contributed by atoms with E-state index < -0.39 is 11.9 Å². The van der Waals surface area contributed by atoms with Gasteiger partial charge in [0.05, 0.1) is 5.56 Å². The third-order valence-electron chi connectivity index (χ3n) is 3.92. The number of benzene rings is 3. The molecule has 0 unspecified atom stereocenters. The van der Waals surface area contributed by atoms with Crippen LogP contribution in [0.5, 0.6) is 11.5 Å². The number of ether oxygens (including phenoxy) is 1. The lowest BCUT2D eigenvalue weighted by Gasteiger charge is -2.06. The molecule has 0 aliphatic rings. The quantitative estimate of drug-likeness (QED) is 0.473. The van der Waals surface area contributed by atoms with E-state index in [9.17, 15) is 14.9 Å². The summed E-state index contributed by atoms with van der Waals surface area (Å²) in [5, 5.41) is 20.8. The van der Waals surface area contributed by atoms with Crippen LogP contribution in [0.1, 0.15) is 15.9 Å². The molecule has 0 aliphatic heterocycles. The molecule has 3 aromatic rings. The molecule has 0 heterocycles. The van der Waals surface area contributed by atoms with E-state index in [0.717, 1.165) is 0 Å². The summed E-state index contributed by atoms with van der Waals surface area (Å²) in [6.45, 7) is 0. The van der Waals surface area contributed by atoms with Gasteiger partial charge in [0, 0.05) is 5.69 Å². The third-order valence-corrected chi connectivity index (χ3v) is 3.92. The first kappa shape index (κ1) is 19.4. The van der Waals surface area contributed by atoms with E-state index in [0.29, 0.717) is 22.7 Å². The van der Waals surface area contributed by atoms with Crippen molar-refractivity contribution >= 4 is 23.6 Å². The molecule has 2 N–H and O–H groups in total. The van der Waals surface area contributed by atoms with Crippen LogP contribution in [-0.2, 0) is 4.79 Å². The summed E-state index contributed by atoms with van der Waals surface area (Å²) in [6, 6.07) is 23.9. The summed E-state index contributed by atoms with van der Waals surface area (Å²) in [5.41, 5.74) is 1.09. The summed E-state index contributed by atoms with van der Waals surface area (Å²) in [4.78, 5) is 23.2. The van der Waals surface area contributed by atoms with Gasteiger partial charge in [-0.2, -0.15) is 5.26 Å². The van der Waals surface area contributed by atoms with E-state index in [1.165, 1.54) is 30.3 Å². The molecule has 1 amide bonds. The maximum Gasteiger partial charge on any atom is 0.335 e. The number of rotatable bonds is 6. The van der Waals surface area contributed by atoms with E-state index in [1.807, 2.05) is 36.4 Å². The largest absolute Gasteiger partial charge is 0.478 e. The first-order valence-corrected chi connectivity index (χ1v) is 8.64. The normalized spacial score (nSPS) is 10.7. The average Bonchev–Trinajstić information content (AvgIpc) is 2.74. The van der Waals surface area contributed by atoms with E-state index in [2.05, 4.69) is 5.32 Å². The number of hydrogen-bond acceptors (Lipinski definition) is 4. The molecule has 0 radical (unpaired) electrons. The number of carbonyl (C=O) groups is 2. The molecular formula is C23H16N2O4. The Kier molecular flexibility index (Phi) is 6.03. The summed E-state index contributed by atoms with van der Waals surface area (Å²) in [5.74, 6) is -0.294. The standard InChI is InChI=1S/C23H16N2O4/c24-15-18(22(26)25-19-10-8-17(9-11-19)23(27)28)14-16-6-12-21(13-7-16)29-20-4-2-1-3-5-20/h1-14H,(H,25,26)(H,27,28)/b18-14-. The average molecular weight is 384 g/mol. The van der Waals surface area contributed by atoms with Gasteiger partial charge in [-0.25, -0.2) is 4.79 Å². The molecule has 0 saturated heterocycles. The molecule has 0 fully saturated rings. The number of nitriles is 1. The summed E-state index contributed by atoms with van der Waals surface area (Å²) in [6.07, 6.45) is 1.47. The molecule has 0 bridgehead atoms.